The molecule has 0 aliphatic carbocycles. The van der Waals surface area contributed by atoms with Gasteiger partial charge in [0.25, 0.3) is 11.7 Å². The quantitative estimate of drug-likeness (QED) is 0.427. The molecule has 1 saturated heterocycles. The van der Waals surface area contributed by atoms with Crippen LogP contribution in [-0.2, 0) is 9.59 Å². The van der Waals surface area contributed by atoms with Crippen molar-refractivity contribution < 1.29 is 19.1 Å². The third-order valence-electron chi connectivity index (χ3n) is 5.60. The zero-order valence-electron chi connectivity index (χ0n) is 17.6. The molecule has 1 atom stereocenters. The molecule has 0 spiro atoms. The fourth-order valence-corrected chi connectivity index (χ4v) is 3.76. The predicted octanol–water partition coefficient (Wildman–Crippen LogP) is 3.90. The van der Waals surface area contributed by atoms with Gasteiger partial charge < -0.3 is 14.9 Å². The highest BCUT2D eigenvalue weighted by atomic mass is 19.1. The van der Waals surface area contributed by atoms with Crippen LogP contribution in [0.2, 0.25) is 0 Å². The molecule has 5 nitrogen and oxygen atoms in total. The molecule has 0 aromatic heterocycles. The minimum Gasteiger partial charge on any atom is -0.507 e. The lowest BCUT2D eigenvalue weighted by atomic mass is 9.95. The Morgan fingerprint density at radius 3 is 2.20 bits per heavy atom. The third-order valence-corrected chi connectivity index (χ3v) is 5.60. The Labute approximate surface area is 176 Å². The van der Waals surface area contributed by atoms with Crippen LogP contribution < -0.4 is 0 Å². The second-order valence-electron chi connectivity index (χ2n) is 7.44. The SMILES string of the molecule is CCN(CC)CCN1C(=O)C(=O)/C(=C(/O)c2ccc(C)cc2)C1c1ccc(F)cc1. The first-order valence-corrected chi connectivity index (χ1v) is 10.2. The van der Waals surface area contributed by atoms with Crippen molar-refractivity contribution in [3.63, 3.8) is 0 Å². The first-order chi connectivity index (χ1) is 14.4. The van der Waals surface area contributed by atoms with E-state index in [0.717, 1.165) is 18.7 Å². The molecular formula is C24H27FN2O3. The van der Waals surface area contributed by atoms with Crippen molar-refractivity contribution in [2.45, 2.75) is 26.8 Å². The van der Waals surface area contributed by atoms with Crippen molar-refractivity contribution in [1.82, 2.24) is 9.80 Å². The number of rotatable bonds is 7. The van der Waals surface area contributed by atoms with Gasteiger partial charge in [0.15, 0.2) is 0 Å². The monoisotopic (exact) mass is 410 g/mol. The summed E-state index contributed by atoms with van der Waals surface area (Å²) in [6.45, 7) is 8.57. The average molecular weight is 410 g/mol. The highest BCUT2D eigenvalue weighted by Crippen LogP contribution is 2.39. The number of amides is 1. The van der Waals surface area contributed by atoms with E-state index < -0.39 is 23.5 Å². The normalized spacial score (nSPS) is 18.4. The summed E-state index contributed by atoms with van der Waals surface area (Å²) in [6.07, 6.45) is 0. The largest absolute Gasteiger partial charge is 0.507 e. The molecule has 6 heteroatoms. The number of likely N-dealkylation sites (N-methyl/N-ethyl adjacent to an activating group) is 1. The maximum absolute atomic E-state index is 13.5. The molecule has 30 heavy (non-hydrogen) atoms. The van der Waals surface area contributed by atoms with Crippen molar-refractivity contribution in [1.29, 1.82) is 0 Å². The van der Waals surface area contributed by atoms with Crippen molar-refractivity contribution in [2.24, 2.45) is 0 Å². The van der Waals surface area contributed by atoms with Crippen LogP contribution >= 0.6 is 0 Å². The summed E-state index contributed by atoms with van der Waals surface area (Å²) in [5.41, 5.74) is 2.11. The highest BCUT2D eigenvalue weighted by molar-refractivity contribution is 6.46. The number of carbonyl (C=O) groups excluding carboxylic acids is 2. The summed E-state index contributed by atoms with van der Waals surface area (Å²) in [4.78, 5) is 29.5. The van der Waals surface area contributed by atoms with Crippen LogP contribution in [0.1, 0.15) is 36.6 Å². The molecule has 1 aliphatic rings. The van der Waals surface area contributed by atoms with Crippen LogP contribution in [0.15, 0.2) is 54.1 Å². The molecule has 1 heterocycles. The number of aliphatic hydroxyl groups is 1. The van der Waals surface area contributed by atoms with E-state index in [1.165, 1.54) is 17.0 Å². The Balaban J connectivity index is 2.08. The molecule has 1 unspecified atom stereocenters. The van der Waals surface area contributed by atoms with Crippen LogP contribution in [-0.4, -0.2) is 52.8 Å². The van der Waals surface area contributed by atoms with E-state index in [0.29, 0.717) is 24.2 Å². The fourth-order valence-electron chi connectivity index (χ4n) is 3.76. The zero-order valence-corrected chi connectivity index (χ0v) is 17.6. The average Bonchev–Trinajstić information content (AvgIpc) is 3.00. The molecule has 1 N–H and O–H groups in total. The number of aryl methyl sites for hydroxylation is 1. The number of likely N-dealkylation sites (tertiary alicyclic amines) is 1. The van der Waals surface area contributed by atoms with Gasteiger partial charge in [0.1, 0.15) is 11.6 Å². The van der Waals surface area contributed by atoms with Gasteiger partial charge in [0, 0.05) is 18.7 Å². The van der Waals surface area contributed by atoms with Crippen molar-refractivity contribution >= 4 is 17.4 Å². The maximum atomic E-state index is 13.5. The number of nitrogens with zero attached hydrogens (tertiary/aromatic N) is 2. The van der Waals surface area contributed by atoms with Gasteiger partial charge in [-0.25, -0.2) is 4.39 Å². The van der Waals surface area contributed by atoms with E-state index in [2.05, 4.69) is 4.90 Å². The van der Waals surface area contributed by atoms with Crippen LogP contribution in [0.3, 0.4) is 0 Å². The number of aliphatic hydroxyl groups excluding tert-OH is 1. The van der Waals surface area contributed by atoms with E-state index >= 15 is 0 Å². The summed E-state index contributed by atoms with van der Waals surface area (Å²) in [5.74, 6) is -1.99. The van der Waals surface area contributed by atoms with E-state index in [9.17, 15) is 19.1 Å². The molecule has 1 fully saturated rings. The Bertz CT molecular complexity index is 947. The van der Waals surface area contributed by atoms with Crippen LogP contribution in [0.5, 0.6) is 0 Å². The second kappa shape index (κ2) is 9.22. The topological polar surface area (TPSA) is 60.9 Å². The Hall–Kier alpha value is -2.99. The van der Waals surface area contributed by atoms with Crippen molar-refractivity contribution in [3.05, 3.63) is 76.6 Å². The molecule has 0 saturated carbocycles. The molecule has 2 aromatic carbocycles. The van der Waals surface area contributed by atoms with E-state index in [-0.39, 0.29) is 11.3 Å². The fraction of sp³-hybridized carbons (Fsp3) is 0.333. The van der Waals surface area contributed by atoms with Gasteiger partial charge in [-0.15, -0.1) is 0 Å². The van der Waals surface area contributed by atoms with Crippen LogP contribution in [0, 0.1) is 12.7 Å². The summed E-state index contributed by atoms with van der Waals surface area (Å²) >= 11 is 0. The van der Waals surface area contributed by atoms with E-state index in [1.54, 1.807) is 24.3 Å². The lowest BCUT2D eigenvalue weighted by Crippen LogP contribution is -2.38. The number of hydrogen-bond donors (Lipinski definition) is 1. The lowest BCUT2D eigenvalue weighted by Gasteiger charge is -2.28. The van der Waals surface area contributed by atoms with Gasteiger partial charge in [-0.2, -0.15) is 0 Å². The van der Waals surface area contributed by atoms with Gasteiger partial charge in [-0.1, -0.05) is 55.8 Å². The highest BCUT2D eigenvalue weighted by Gasteiger charge is 2.45. The van der Waals surface area contributed by atoms with Gasteiger partial charge in [0.05, 0.1) is 11.6 Å². The first-order valence-electron chi connectivity index (χ1n) is 10.2. The molecule has 2 aromatic rings. The molecule has 1 amide bonds. The minimum atomic E-state index is -0.762. The smallest absolute Gasteiger partial charge is 0.295 e. The molecule has 1 aliphatic heterocycles. The van der Waals surface area contributed by atoms with Gasteiger partial charge in [0.2, 0.25) is 0 Å². The Morgan fingerprint density at radius 2 is 1.63 bits per heavy atom. The number of Topliss-reactive ketones (excluding diaryl/α,β-unsaturated/α-hetero) is 1. The number of benzene rings is 2. The second-order valence-corrected chi connectivity index (χ2v) is 7.44. The zero-order chi connectivity index (χ0) is 21.8. The predicted molar refractivity (Wildman–Crippen MR) is 114 cm³/mol. The van der Waals surface area contributed by atoms with Gasteiger partial charge in [-0.05, 0) is 37.7 Å². The van der Waals surface area contributed by atoms with Crippen LogP contribution in [0.25, 0.3) is 5.76 Å². The number of hydrogen-bond acceptors (Lipinski definition) is 4. The van der Waals surface area contributed by atoms with Gasteiger partial charge in [-0.3, -0.25) is 9.59 Å². The molecule has 0 bridgehead atoms. The summed E-state index contributed by atoms with van der Waals surface area (Å²) in [7, 11) is 0. The summed E-state index contributed by atoms with van der Waals surface area (Å²) in [6, 6.07) is 12.0. The van der Waals surface area contributed by atoms with Crippen LogP contribution in [0.4, 0.5) is 4.39 Å². The third kappa shape index (κ3) is 4.28. The van der Waals surface area contributed by atoms with Crippen molar-refractivity contribution in [3.8, 4) is 0 Å². The minimum absolute atomic E-state index is 0.0370. The Kier molecular flexibility index (Phi) is 6.67. The Morgan fingerprint density at radius 1 is 1.03 bits per heavy atom. The van der Waals surface area contributed by atoms with Crippen molar-refractivity contribution in [2.75, 3.05) is 26.2 Å². The summed E-state index contributed by atoms with van der Waals surface area (Å²) in [5, 5.41) is 11.0. The standard InChI is InChI=1S/C24H27FN2O3/c1-4-26(5-2)14-15-27-21(17-10-12-19(25)13-11-17)20(23(29)24(27)30)22(28)18-8-6-16(3)7-9-18/h6-13,21,28H,4-5,14-15H2,1-3H3/b22-20+. The molecular weight excluding hydrogens is 383 g/mol. The van der Waals surface area contributed by atoms with E-state index in [1.807, 2.05) is 32.9 Å². The van der Waals surface area contributed by atoms with Gasteiger partial charge >= 0.3 is 0 Å². The molecule has 158 valence electrons. The number of halogens is 1. The summed E-state index contributed by atoms with van der Waals surface area (Å²) < 4.78 is 13.5. The lowest BCUT2D eigenvalue weighted by molar-refractivity contribution is -0.140. The molecule has 3 rings (SSSR count). The first kappa shape index (κ1) is 21.7. The number of ketones is 1. The maximum Gasteiger partial charge on any atom is 0.295 e. The van der Waals surface area contributed by atoms with E-state index in [4.69, 9.17) is 0 Å². The number of carbonyl (C=O) groups is 2. The molecule has 0 radical (unpaired) electrons.